The fourth-order valence-electron chi connectivity index (χ4n) is 3.64. The van der Waals surface area contributed by atoms with Crippen molar-refractivity contribution in [2.75, 3.05) is 26.7 Å². The van der Waals surface area contributed by atoms with Gasteiger partial charge < -0.3 is 15.0 Å². The van der Waals surface area contributed by atoms with Gasteiger partial charge >= 0.3 is 0 Å². The molecule has 0 saturated carbocycles. The molecule has 0 radical (unpaired) electrons. The van der Waals surface area contributed by atoms with Crippen LogP contribution in [-0.2, 0) is 0 Å². The number of hydrogen-bond donors (Lipinski definition) is 1. The molecule has 4 rings (SSSR count). The highest BCUT2D eigenvalue weighted by Crippen LogP contribution is 2.31. The number of methoxy groups -OCH3 is 1. The van der Waals surface area contributed by atoms with Crippen LogP contribution in [0.4, 0.5) is 0 Å². The van der Waals surface area contributed by atoms with Crippen LogP contribution in [0.15, 0.2) is 60.9 Å². The van der Waals surface area contributed by atoms with Crippen LogP contribution in [0.1, 0.15) is 27.5 Å². The van der Waals surface area contributed by atoms with E-state index in [1.807, 2.05) is 77.4 Å². The Morgan fingerprint density at radius 1 is 1.17 bits per heavy atom. The van der Waals surface area contributed by atoms with Crippen molar-refractivity contribution in [3.05, 3.63) is 77.6 Å². The first-order valence-electron chi connectivity index (χ1n) is 9.43. The van der Waals surface area contributed by atoms with Crippen molar-refractivity contribution < 1.29 is 9.53 Å². The Hall–Kier alpha value is -2.83. The first-order chi connectivity index (χ1) is 13.7. The van der Waals surface area contributed by atoms with Crippen molar-refractivity contribution in [1.82, 2.24) is 20.0 Å². The topological polar surface area (TPSA) is 59.4 Å². The molecule has 0 aliphatic carbocycles. The summed E-state index contributed by atoms with van der Waals surface area (Å²) in [5, 5.41) is 7.71. The maximum absolute atomic E-state index is 13.3. The minimum Gasteiger partial charge on any atom is -0.496 e. The molecule has 1 aliphatic rings. The summed E-state index contributed by atoms with van der Waals surface area (Å²) in [6, 6.07) is 15.4. The van der Waals surface area contributed by atoms with Gasteiger partial charge in [-0.2, -0.15) is 5.10 Å². The lowest BCUT2D eigenvalue weighted by atomic mass is 10.0. The van der Waals surface area contributed by atoms with Gasteiger partial charge in [0.2, 0.25) is 0 Å². The summed E-state index contributed by atoms with van der Waals surface area (Å²) in [6.07, 6.45) is 3.78. The number of carbonyl (C=O) groups excluding carboxylic acids is 1. The number of carbonyl (C=O) groups is 1. The van der Waals surface area contributed by atoms with E-state index < -0.39 is 0 Å². The SMILES string of the molecule is COc1ccccc1C1CNCCN1C(=O)c1ccc(-n2cc(C)cn2)cc1.Cl. The fourth-order valence-corrected chi connectivity index (χ4v) is 3.64. The third kappa shape index (κ3) is 4.28. The second-order valence-corrected chi connectivity index (χ2v) is 6.97. The van der Waals surface area contributed by atoms with E-state index in [9.17, 15) is 4.79 Å². The summed E-state index contributed by atoms with van der Waals surface area (Å²) >= 11 is 0. The minimum absolute atomic E-state index is 0. The predicted octanol–water partition coefficient (Wildman–Crippen LogP) is 3.40. The predicted molar refractivity (Wildman–Crippen MR) is 115 cm³/mol. The number of benzene rings is 2. The Balaban J connectivity index is 0.00000240. The Labute approximate surface area is 176 Å². The van der Waals surface area contributed by atoms with Gasteiger partial charge in [0.1, 0.15) is 5.75 Å². The molecule has 1 fully saturated rings. The number of halogens is 1. The summed E-state index contributed by atoms with van der Waals surface area (Å²) in [7, 11) is 1.66. The van der Waals surface area contributed by atoms with Gasteiger partial charge in [-0.15, -0.1) is 12.4 Å². The molecule has 7 heteroatoms. The van der Waals surface area contributed by atoms with E-state index in [0.717, 1.165) is 29.1 Å². The number of piperazine rings is 1. The van der Waals surface area contributed by atoms with E-state index in [0.29, 0.717) is 18.7 Å². The summed E-state index contributed by atoms with van der Waals surface area (Å²) < 4.78 is 7.34. The second kappa shape index (κ2) is 9.11. The van der Waals surface area contributed by atoms with E-state index in [2.05, 4.69) is 10.4 Å². The van der Waals surface area contributed by atoms with Crippen LogP contribution in [0, 0.1) is 6.92 Å². The van der Waals surface area contributed by atoms with E-state index >= 15 is 0 Å². The van der Waals surface area contributed by atoms with Crippen LogP contribution >= 0.6 is 12.4 Å². The molecular formula is C22H25ClN4O2. The number of amides is 1. The van der Waals surface area contributed by atoms with Crippen molar-refractivity contribution >= 4 is 18.3 Å². The Kier molecular flexibility index (Phi) is 6.56. The van der Waals surface area contributed by atoms with Crippen LogP contribution in [0.2, 0.25) is 0 Å². The van der Waals surface area contributed by atoms with Crippen molar-refractivity contribution in [2.24, 2.45) is 0 Å². The highest BCUT2D eigenvalue weighted by atomic mass is 35.5. The summed E-state index contributed by atoms with van der Waals surface area (Å²) in [5.41, 5.74) is 3.73. The molecule has 6 nitrogen and oxygen atoms in total. The largest absolute Gasteiger partial charge is 0.496 e. The molecule has 152 valence electrons. The van der Waals surface area contributed by atoms with E-state index in [1.54, 1.807) is 7.11 Å². The van der Waals surface area contributed by atoms with Crippen LogP contribution < -0.4 is 10.1 Å². The third-order valence-electron chi connectivity index (χ3n) is 5.09. The molecule has 1 aromatic heterocycles. The molecule has 1 N–H and O–H groups in total. The monoisotopic (exact) mass is 412 g/mol. The van der Waals surface area contributed by atoms with Gasteiger partial charge in [0.15, 0.2) is 0 Å². The highest BCUT2D eigenvalue weighted by molar-refractivity contribution is 5.94. The van der Waals surface area contributed by atoms with Gasteiger partial charge in [-0.3, -0.25) is 4.79 Å². The standard InChI is InChI=1S/C22H24N4O2.ClH/c1-16-13-24-26(15-16)18-9-7-17(8-10-18)22(27)25-12-11-23-14-20(25)19-5-3-4-6-21(19)28-2;/h3-10,13,15,20,23H,11-12,14H2,1-2H3;1H. The van der Waals surface area contributed by atoms with Crippen molar-refractivity contribution in [3.8, 4) is 11.4 Å². The smallest absolute Gasteiger partial charge is 0.254 e. The zero-order valence-corrected chi connectivity index (χ0v) is 17.4. The van der Waals surface area contributed by atoms with E-state index in [-0.39, 0.29) is 24.4 Å². The molecule has 2 aromatic carbocycles. The molecule has 1 aliphatic heterocycles. The maximum atomic E-state index is 13.3. The van der Waals surface area contributed by atoms with Gasteiger partial charge in [0.25, 0.3) is 5.91 Å². The molecule has 2 heterocycles. The van der Waals surface area contributed by atoms with Gasteiger partial charge in [-0.25, -0.2) is 4.68 Å². The number of hydrogen-bond acceptors (Lipinski definition) is 4. The number of aromatic nitrogens is 2. The van der Waals surface area contributed by atoms with Crippen molar-refractivity contribution in [2.45, 2.75) is 13.0 Å². The zero-order chi connectivity index (χ0) is 19.5. The van der Waals surface area contributed by atoms with Gasteiger partial charge in [0, 0.05) is 37.0 Å². The number of nitrogens with one attached hydrogen (secondary N) is 1. The third-order valence-corrected chi connectivity index (χ3v) is 5.09. The zero-order valence-electron chi connectivity index (χ0n) is 16.5. The van der Waals surface area contributed by atoms with Gasteiger partial charge in [-0.1, -0.05) is 18.2 Å². The lowest BCUT2D eigenvalue weighted by Gasteiger charge is -2.37. The van der Waals surface area contributed by atoms with Crippen LogP contribution in [0.25, 0.3) is 5.69 Å². The second-order valence-electron chi connectivity index (χ2n) is 6.97. The Morgan fingerprint density at radius 3 is 2.62 bits per heavy atom. The molecule has 3 aromatic rings. The lowest BCUT2D eigenvalue weighted by molar-refractivity contribution is 0.0631. The van der Waals surface area contributed by atoms with Crippen LogP contribution in [0.3, 0.4) is 0 Å². The number of nitrogens with zero attached hydrogens (tertiary/aromatic N) is 3. The summed E-state index contributed by atoms with van der Waals surface area (Å²) in [6.45, 7) is 4.14. The van der Waals surface area contributed by atoms with Crippen molar-refractivity contribution in [3.63, 3.8) is 0 Å². The Morgan fingerprint density at radius 2 is 1.93 bits per heavy atom. The molecule has 0 spiro atoms. The maximum Gasteiger partial charge on any atom is 0.254 e. The molecule has 1 atom stereocenters. The molecule has 1 saturated heterocycles. The van der Waals surface area contributed by atoms with Gasteiger partial charge in [0.05, 0.1) is 25.0 Å². The Bertz CT molecular complexity index is 971. The quantitative estimate of drug-likeness (QED) is 0.713. The summed E-state index contributed by atoms with van der Waals surface area (Å²) in [4.78, 5) is 15.2. The molecular weight excluding hydrogens is 388 g/mol. The van der Waals surface area contributed by atoms with Crippen LogP contribution in [0.5, 0.6) is 5.75 Å². The number of ether oxygens (including phenoxy) is 1. The molecule has 0 bridgehead atoms. The first kappa shape index (κ1) is 20.9. The average Bonchev–Trinajstić information content (AvgIpc) is 3.19. The number of para-hydroxylation sites is 1. The molecule has 1 unspecified atom stereocenters. The molecule has 29 heavy (non-hydrogen) atoms. The van der Waals surface area contributed by atoms with E-state index in [1.165, 1.54) is 0 Å². The molecule has 1 amide bonds. The summed E-state index contributed by atoms with van der Waals surface area (Å²) in [5.74, 6) is 0.832. The fraction of sp³-hybridized carbons (Fsp3) is 0.273. The number of rotatable bonds is 4. The lowest BCUT2D eigenvalue weighted by Crippen LogP contribution is -2.48. The normalized spacial score (nSPS) is 16.2. The van der Waals surface area contributed by atoms with Crippen molar-refractivity contribution in [1.29, 1.82) is 0 Å². The van der Waals surface area contributed by atoms with E-state index in [4.69, 9.17) is 4.74 Å². The average molecular weight is 413 g/mol. The minimum atomic E-state index is -0.0640. The van der Waals surface area contributed by atoms with Crippen LogP contribution in [-0.4, -0.2) is 47.3 Å². The highest BCUT2D eigenvalue weighted by Gasteiger charge is 2.30. The first-order valence-corrected chi connectivity index (χ1v) is 9.43. The number of aryl methyl sites for hydroxylation is 1. The van der Waals surface area contributed by atoms with Gasteiger partial charge in [-0.05, 0) is 42.8 Å².